The van der Waals surface area contributed by atoms with E-state index >= 15 is 0 Å². The lowest BCUT2D eigenvalue weighted by atomic mass is 10.4. The molecule has 1 heterocycles. The average molecular weight is 165 g/mol. The van der Waals surface area contributed by atoms with Gasteiger partial charge < -0.3 is 10.5 Å². The lowest BCUT2D eigenvalue weighted by Crippen LogP contribution is -1.91. The van der Waals surface area contributed by atoms with E-state index in [0.29, 0.717) is 12.4 Å². The van der Waals surface area contributed by atoms with Crippen LogP contribution in [0.1, 0.15) is 12.6 Å². The molecule has 0 radical (unpaired) electrons. The van der Waals surface area contributed by atoms with Crippen LogP contribution in [0.5, 0.6) is 0 Å². The van der Waals surface area contributed by atoms with Crippen molar-refractivity contribution in [3.8, 4) is 0 Å². The number of nitrogens with two attached hydrogens (primary N) is 1. The van der Waals surface area contributed by atoms with Crippen LogP contribution in [0.3, 0.4) is 0 Å². The molecule has 0 spiro atoms. The molecule has 2 N–H and O–H groups in total. The number of hydrogen-bond donors (Lipinski definition) is 1. The number of aromatic nitrogens is 2. The summed E-state index contributed by atoms with van der Waals surface area (Å²) in [7, 11) is 0. The minimum atomic E-state index is 0.420. The molecule has 0 saturated carbocycles. The van der Waals surface area contributed by atoms with Crippen molar-refractivity contribution in [3.05, 3.63) is 24.3 Å². The second-order valence-corrected chi connectivity index (χ2v) is 2.12. The smallest absolute Gasteiger partial charge is 0.141 e. The molecule has 0 aliphatic rings. The van der Waals surface area contributed by atoms with Gasteiger partial charge in [-0.3, -0.25) is 4.98 Å². The van der Waals surface area contributed by atoms with Crippen LogP contribution in [0.2, 0.25) is 0 Å². The molecule has 0 amide bonds. The lowest BCUT2D eigenvalue weighted by molar-refractivity contribution is 0.272. The van der Waals surface area contributed by atoms with Crippen LogP contribution in [-0.2, 0) is 4.74 Å². The van der Waals surface area contributed by atoms with Crippen molar-refractivity contribution in [3.63, 3.8) is 0 Å². The Kier molecular flexibility index (Phi) is 3.07. The first-order valence-corrected chi connectivity index (χ1v) is 3.68. The number of nitrogens with zero attached hydrogens (tertiary/aromatic N) is 2. The van der Waals surface area contributed by atoms with Gasteiger partial charge in [-0.2, -0.15) is 0 Å². The highest BCUT2D eigenvalue weighted by molar-refractivity contribution is 5.42. The Balaban J connectivity index is 2.58. The van der Waals surface area contributed by atoms with Crippen molar-refractivity contribution in [2.45, 2.75) is 6.92 Å². The summed E-state index contributed by atoms with van der Waals surface area (Å²) in [5.41, 5.74) is 6.09. The van der Waals surface area contributed by atoms with E-state index in [1.165, 1.54) is 6.20 Å². The first-order chi connectivity index (χ1) is 5.83. The number of ether oxygens (including phenoxy) is 1. The van der Waals surface area contributed by atoms with Gasteiger partial charge in [-0.1, -0.05) is 0 Å². The number of anilines is 1. The molecule has 12 heavy (non-hydrogen) atoms. The molecule has 0 aliphatic carbocycles. The zero-order valence-electron chi connectivity index (χ0n) is 6.90. The van der Waals surface area contributed by atoms with E-state index in [9.17, 15) is 0 Å². The second-order valence-electron chi connectivity index (χ2n) is 2.12. The summed E-state index contributed by atoms with van der Waals surface area (Å²) in [5, 5.41) is 0. The van der Waals surface area contributed by atoms with E-state index in [4.69, 9.17) is 10.5 Å². The van der Waals surface area contributed by atoms with E-state index in [1.807, 2.05) is 6.92 Å². The van der Waals surface area contributed by atoms with Crippen LogP contribution >= 0.6 is 0 Å². The normalized spacial score (nSPS) is 10.4. The second kappa shape index (κ2) is 4.33. The molecule has 0 aromatic carbocycles. The maximum Gasteiger partial charge on any atom is 0.141 e. The maximum absolute atomic E-state index is 5.35. The van der Waals surface area contributed by atoms with Gasteiger partial charge >= 0.3 is 0 Å². The van der Waals surface area contributed by atoms with Crippen LogP contribution in [0, 0.1) is 0 Å². The highest BCUT2D eigenvalue weighted by atomic mass is 16.5. The van der Waals surface area contributed by atoms with Gasteiger partial charge in [0.05, 0.1) is 31.0 Å². The Bertz CT molecular complexity index is 256. The molecule has 0 bridgehead atoms. The molecule has 0 atom stereocenters. The predicted octanol–water partition coefficient (Wildman–Crippen LogP) is 1.07. The Labute approximate surface area is 71.1 Å². The van der Waals surface area contributed by atoms with Gasteiger partial charge in [0.1, 0.15) is 5.82 Å². The van der Waals surface area contributed by atoms with Gasteiger partial charge in [-0.05, 0) is 13.0 Å². The topological polar surface area (TPSA) is 61.0 Å². The molecule has 1 aromatic rings. The van der Waals surface area contributed by atoms with E-state index < -0.39 is 0 Å². The van der Waals surface area contributed by atoms with Gasteiger partial charge in [0.15, 0.2) is 0 Å². The zero-order chi connectivity index (χ0) is 8.81. The molecule has 4 nitrogen and oxygen atoms in total. The summed E-state index contributed by atoms with van der Waals surface area (Å²) in [5.74, 6) is 0.420. The fourth-order valence-electron chi connectivity index (χ4n) is 0.648. The fraction of sp³-hybridized carbons (Fsp3) is 0.250. The lowest BCUT2D eigenvalue weighted by Gasteiger charge is -1.93. The van der Waals surface area contributed by atoms with E-state index in [2.05, 4.69) is 9.97 Å². The quantitative estimate of drug-likeness (QED) is 0.680. The first kappa shape index (κ1) is 8.52. The van der Waals surface area contributed by atoms with Crippen LogP contribution in [-0.4, -0.2) is 16.6 Å². The number of nitrogen functional groups attached to an aromatic ring is 1. The van der Waals surface area contributed by atoms with E-state index in [-0.39, 0.29) is 0 Å². The first-order valence-electron chi connectivity index (χ1n) is 3.68. The third-order valence-corrected chi connectivity index (χ3v) is 1.19. The Morgan fingerprint density at radius 2 is 2.33 bits per heavy atom. The van der Waals surface area contributed by atoms with Gasteiger partial charge in [-0.15, -0.1) is 0 Å². The predicted molar refractivity (Wildman–Crippen MR) is 47.1 cm³/mol. The highest BCUT2D eigenvalue weighted by Gasteiger charge is 1.88. The molecule has 4 heteroatoms. The minimum Gasteiger partial charge on any atom is -0.501 e. The summed E-state index contributed by atoms with van der Waals surface area (Å²) in [6.07, 6.45) is 6.41. The summed E-state index contributed by atoms with van der Waals surface area (Å²) in [4.78, 5) is 7.86. The van der Waals surface area contributed by atoms with Crippen LogP contribution in [0.15, 0.2) is 18.7 Å². The summed E-state index contributed by atoms with van der Waals surface area (Å²) >= 11 is 0. The molecule has 64 valence electrons. The van der Waals surface area contributed by atoms with Crippen molar-refractivity contribution >= 4 is 11.9 Å². The van der Waals surface area contributed by atoms with E-state index in [1.54, 1.807) is 18.5 Å². The molecule has 0 aliphatic heterocycles. The average Bonchev–Trinajstić information content (AvgIpc) is 2.09. The largest absolute Gasteiger partial charge is 0.501 e. The van der Waals surface area contributed by atoms with Crippen molar-refractivity contribution in [2.24, 2.45) is 0 Å². The van der Waals surface area contributed by atoms with Crippen molar-refractivity contribution in [1.29, 1.82) is 0 Å². The molecular formula is C8H11N3O. The standard InChI is InChI=1S/C8H11N3O/c1-2-12-4-3-7-5-11-8(9)6-10-7/h3-6H,2H2,1H3,(H2,9,11). The highest BCUT2D eigenvalue weighted by Crippen LogP contribution is 1.98. The third-order valence-electron chi connectivity index (χ3n) is 1.19. The van der Waals surface area contributed by atoms with Gasteiger partial charge in [0, 0.05) is 0 Å². The van der Waals surface area contributed by atoms with Crippen LogP contribution < -0.4 is 5.73 Å². The zero-order valence-corrected chi connectivity index (χ0v) is 6.90. The van der Waals surface area contributed by atoms with Gasteiger partial charge in [0.2, 0.25) is 0 Å². The summed E-state index contributed by atoms with van der Waals surface area (Å²) < 4.78 is 4.99. The Morgan fingerprint density at radius 3 is 2.92 bits per heavy atom. The molecule has 1 aromatic heterocycles. The molecule has 0 saturated heterocycles. The van der Waals surface area contributed by atoms with Crippen LogP contribution in [0.25, 0.3) is 6.08 Å². The summed E-state index contributed by atoms with van der Waals surface area (Å²) in [6.45, 7) is 2.57. The van der Waals surface area contributed by atoms with Crippen molar-refractivity contribution in [1.82, 2.24) is 9.97 Å². The molecule has 0 fully saturated rings. The third kappa shape index (κ3) is 2.57. The fourth-order valence-corrected chi connectivity index (χ4v) is 0.648. The maximum atomic E-state index is 5.35. The summed E-state index contributed by atoms with van der Waals surface area (Å²) in [6, 6.07) is 0. The Hall–Kier alpha value is -1.58. The van der Waals surface area contributed by atoms with Crippen molar-refractivity contribution in [2.75, 3.05) is 12.3 Å². The van der Waals surface area contributed by atoms with E-state index in [0.717, 1.165) is 5.69 Å². The van der Waals surface area contributed by atoms with Gasteiger partial charge in [-0.25, -0.2) is 4.98 Å². The molecule has 0 unspecified atom stereocenters. The SMILES string of the molecule is CCOC=Cc1cnc(N)cn1. The van der Waals surface area contributed by atoms with Crippen LogP contribution in [0.4, 0.5) is 5.82 Å². The Morgan fingerprint density at radius 1 is 1.50 bits per heavy atom. The van der Waals surface area contributed by atoms with Gasteiger partial charge in [0.25, 0.3) is 0 Å². The molecular weight excluding hydrogens is 154 g/mol. The number of hydrogen-bond acceptors (Lipinski definition) is 4. The minimum absolute atomic E-state index is 0.420. The van der Waals surface area contributed by atoms with Crippen molar-refractivity contribution < 1.29 is 4.74 Å². The monoisotopic (exact) mass is 165 g/mol. The molecule has 1 rings (SSSR count). The number of rotatable bonds is 3.